The van der Waals surface area contributed by atoms with Crippen molar-refractivity contribution in [3.8, 4) is 0 Å². The van der Waals surface area contributed by atoms with Crippen molar-refractivity contribution in [3.05, 3.63) is 67.6 Å². The Morgan fingerprint density at radius 1 is 1.30 bits per heavy atom. The van der Waals surface area contributed by atoms with Gasteiger partial charge in [0, 0.05) is 32.5 Å². The Balaban J connectivity index is 2.22. The molecule has 1 aliphatic heterocycles. The Kier molecular flexibility index (Phi) is 5.16. The highest BCUT2D eigenvalue weighted by Crippen LogP contribution is 2.44. The zero-order valence-corrected chi connectivity index (χ0v) is 16.1. The SMILES string of the molecule is CN1CC(c2cccc(Br)c2)c2cc(Cl)cc(Cl)c2[C@@H]1S(=O)O. The van der Waals surface area contributed by atoms with Crippen molar-refractivity contribution in [1.29, 1.82) is 0 Å². The van der Waals surface area contributed by atoms with Crippen molar-refractivity contribution in [1.82, 2.24) is 4.90 Å². The molecular weight excluding hydrogens is 421 g/mol. The van der Waals surface area contributed by atoms with Gasteiger partial charge in [-0.25, -0.2) is 4.21 Å². The van der Waals surface area contributed by atoms with Crippen molar-refractivity contribution < 1.29 is 8.76 Å². The molecule has 7 heteroatoms. The molecule has 0 fully saturated rings. The minimum absolute atomic E-state index is 0.0310. The van der Waals surface area contributed by atoms with Crippen molar-refractivity contribution in [2.45, 2.75) is 11.3 Å². The molecule has 1 heterocycles. The average Bonchev–Trinajstić information content (AvgIpc) is 2.46. The first-order valence-electron chi connectivity index (χ1n) is 6.92. The first-order chi connectivity index (χ1) is 10.9. The van der Waals surface area contributed by atoms with Crippen LogP contribution in [0.15, 0.2) is 40.9 Å². The predicted molar refractivity (Wildman–Crippen MR) is 98.6 cm³/mol. The fourth-order valence-corrected chi connectivity index (χ4v) is 5.07. The molecule has 0 saturated heterocycles. The Labute approximate surface area is 156 Å². The molecule has 0 radical (unpaired) electrons. The molecule has 2 aromatic rings. The second kappa shape index (κ2) is 6.82. The quantitative estimate of drug-likeness (QED) is 0.672. The molecule has 3 rings (SSSR count). The van der Waals surface area contributed by atoms with E-state index < -0.39 is 16.5 Å². The fraction of sp³-hybridized carbons (Fsp3) is 0.250. The van der Waals surface area contributed by atoms with Crippen LogP contribution in [-0.2, 0) is 11.1 Å². The van der Waals surface area contributed by atoms with Gasteiger partial charge in [0.2, 0.25) is 0 Å². The lowest BCUT2D eigenvalue weighted by Gasteiger charge is -2.38. The highest BCUT2D eigenvalue weighted by atomic mass is 79.9. The maximum atomic E-state index is 11.8. The van der Waals surface area contributed by atoms with Crippen LogP contribution in [-0.4, -0.2) is 27.3 Å². The Bertz CT molecular complexity index is 787. The maximum absolute atomic E-state index is 11.8. The monoisotopic (exact) mass is 433 g/mol. The summed E-state index contributed by atoms with van der Waals surface area (Å²) in [6.45, 7) is 0.608. The predicted octanol–water partition coefficient (Wildman–Crippen LogP) is 5.05. The summed E-state index contributed by atoms with van der Waals surface area (Å²) in [7, 11) is 1.83. The number of fused-ring (bicyclic) bond motifs is 1. The molecule has 0 aliphatic carbocycles. The minimum atomic E-state index is -2.05. The maximum Gasteiger partial charge on any atom is 0.175 e. The van der Waals surface area contributed by atoms with E-state index in [1.807, 2.05) is 42.3 Å². The van der Waals surface area contributed by atoms with Gasteiger partial charge in [0.25, 0.3) is 0 Å². The van der Waals surface area contributed by atoms with Gasteiger partial charge in [-0.2, -0.15) is 0 Å². The summed E-state index contributed by atoms with van der Waals surface area (Å²) in [5, 5.41) is 0.297. The molecule has 23 heavy (non-hydrogen) atoms. The summed E-state index contributed by atoms with van der Waals surface area (Å²) < 4.78 is 22.5. The molecule has 0 saturated carbocycles. The van der Waals surface area contributed by atoms with E-state index in [-0.39, 0.29) is 5.92 Å². The van der Waals surface area contributed by atoms with Crippen LogP contribution in [0.4, 0.5) is 0 Å². The summed E-state index contributed by atoms with van der Waals surface area (Å²) in [6, 6.07) is 11.5. The fourth-order valence-electron chi connectivity index (χ4n) is 3.12. The number of hydrogen-bond donors (Lipinski definition) is 1. The Morgan fingerprint density at radius 3 is 2.70 bits per heavy atom. The van der Waals surface area contributed by atoms with Crippen molar-refractivity contribution >= 4 is 50.2 Å². The van der Waals surface area contributed by atoms with E-state index in [2.05, 4.69) is 15.9 Å². The Hall–Kier alpha value is -0.430. The molecule has 3 atom stereocenters. The molecule has 1 N–H and O–H groups in total. The first kappa shape index (κ1) is 17.4. The van der Waals surface area contributed by atoms with Gasteiger partial charge in [0.15, 0.2) is 11.1 Å². The lowest BCUT2D eigenvalue weighted by atomic mass is 9.84. The molecule has 122 valence electrons. The second-order valence-electron chi connectivity index (χ2n) is 5.57. The largest absolute Gasteiger partial charge is 0.305 e. The molecule has 0 bridgehead atoms. The number of benzene rings is 2. The Morgan fingerprint density at radius 2 is 2.04 bits per heavy atom. The minimum Gasteiger partial charge on any atom is -0.305 e. The highest BCUT2D eigenvalue weighted by Gasteiger charge is 2.37. The van der Waals surface area contributed by atoms with Crippen molar-refractivity contribution in [2.75, 3.05) is 13.6 Å². The zero-order valence-electron chi connectivity index (χ0n) is 12.2. The molecule has 0 spiro atoms. The molecule has 2 aromatic carbocycles. The lowest BCUT2D eigenvalue weighted by molar-refractivity contribution is 0.273. The third-order valence-electron chi connectivity index (χ3n) is 4.06. The van der Waals surface area contributed by atoms with E-state index in [0.717, 1.165) is 15.6 Å². The van der Waals surface area contributed by atoms with Crippen molar-refractivity contribution in [2.24, 2.45) is 0 Å². The van der Waals surface area contributed by atoms with Gasteiger partial charge in [-0.05, 0) is 42.4 Å². The van der Waals surface area contributed by atoms with Gasteiger partial charge in [-0.15, -0.1) is 0 Å². The van der Waals surface area contributed by atoms with Crippen LogP contribution >= 0.6 is 39.1 Å². The summed E-state index contributed by atoms with van der Waals surface area (Å²) in [5.74, 6) is 0.0310. The smallest absolute Gasteiger partial charge is 0.175 e. The third kappa shape index (κ3) is 3.36. The van der Waals surface area contributed by atoms with Crippen LogP contribution in [0.3, 0.4) is 0 Å². The number of hydrogen-bond acceptors (Lipinski definition) is 2. The van der Waals surface area contributed by atoms with E-state index in [4.69, 9.17) is 23.2 Å². The van der Waals surface area contributed by atoms with Crippen LogP contribution in [0.5, 0.6) is 0 Å². The number of halogens is 3. The van der Waals surface area contributed by atoms with Gasteiger partial charge in [0.05, 0.1) is 0 Å². The average molecular weight is 435 g/mol. The number of likely N-dealkylation sites (N-methyl/N-ethyl adjacent to an activating group) is 1. The van der Waals surface area contributed by atoms with Gasteiger partial charge in [-0.3, -0.25) is 4.90 Å². The summed E-state index contributed by atoms with van der Waals surface area (Å²) in [4.78, 5) is 1.86. The summed E-state index contributed by atoms with van der Waals surface area (Å²) in [6.07, 6.45) is 0. The van der Waals surface area contributed by atoms with Crippen molar-refractivity contribution in [3.63, 3.8) is 0 Å². The molecule has 0 aromatic heterocycles. The van der Waals surface area contributed by atoms with E-state index >= 15 is 0 Å². The van der Waals surface area contributed by atoms with Crippen LogP contribution in [0.2, 0.25) is 10.0 Å². The van der Waals surface area contributed by atoms with E-state index in [1.165, 1.54) is 0 Å². The van der Waals surface area contributed by atoms with Gasteiger partial charge in [-0.1, -0.05) is 51.3 Å². The molecule has 3 nitrogen and oxygen atoms in total. The molecular formula is C16H14BrCl2NO2S. The van der Waals surface area contributed by atoms with Crippen LogP contribution in [0, 0.1) is 0 Å². The van der Waals surface area contributed by atoms with Gasteiger partial charge >= 0.3 is 0 Å². The number of rotatable bonds is 2. The highest BCUT2D eigenvalue weighted by molar-refractivity contribution is 9.10. The molecule has 2 unspecified atom stereocenters. The van der Waals surface area contributed by atoms with Crippen LogP contribution < -0.4 is 0 Å². The van der Waals surface area contributed by atoms with E-state index in [1.54, 1.807) is 6.07 Å². The van der Waals surface area contributed by atoms with Crippen LogP contribution in [0.25, 0.3) is 0 Å². The number of nitrogens with zero attached hydrogens (tertiary/aromatic N) is 1. The van der Waals surface area contributed by atoms with Gasteiger partial charge < -0.3 is 4.55 Å². The summed E-state index contributed by atoms with van der Waals surface area (Å²) >= 11 is 14.0. The third-order valence-corrected chi connectivity index (χ3v) is 6.06. The normalized spacial score (nSPS) is 22.7. The van der Waals surface area contributed by atoms with Crippen LogP contribution in [0.1, 0.15) is 28.0 Å². The van der Waals surface area contributed by atoms with E-state index in [9.17, 15) is 8.76 Å². The van der Waals surface area contributed by atoms with E-state index in [0.29, 0.717) is 22.2 Å². The topological polar surface area (TPSA) is 40.5 Å². The zero-order chi connectivity index (χ0) is 16.7. The molecule has 1 aliphatic rings. The summed E-state index contributed by atoms with van der Waals surface area (Å²) in [5.41, 5.74) is 2.69. The molecule has 0 amide bonds. The lowest BCUT2D eigenvalue weighted by Crippen LogP contribution is -2.37. The standard InChI is InChI=1S/C16H14BrCl2NO2S/c1-20-8-13(9-3-2-4-10(17)5-9)12-6-11(18)7-14(19)15(12)16(20)23(21)22/h2-7,13,16H,8H2,1H3,(H,21,22)/t13?,16-/m0/s1. The first-order valence-corrected chi connectivity index (χ1v) is 9.64. The second-order valence-corrected chi connectivity index (χ2v) is 8.32. The van der Waals surface area contributed by atoms with Gasteiger partial charge in [0.1, 0.15) is 5.37 Å².